The molecule has 0 aliphatic carbocycles. The number of hydrogen-bond donors (Lipinski definition) is 2. The average Bonchev–Trinajstić information content (AvgIpc) is 2.16. The Morgan fingerprint density at radius 2 is 1.93 bits per heavy atom. The summed E-state index contributed by atoms with van der Waals surface area (Å²) in [5.74, 6) is 0. The summed E-state index contributed by atoms with van der Waals surface area (Å²) in [5.41, 5.74) is 10.7. The highest BCUT2D eigenvalue weighted by Gasteiger charge is 2.21. The lowest BCUT2D eigenvalue weighted by Gasteiger charge is -2.24. The van der Waals surface area contributed by atoms with Gasteiger partial charge in [0.15, 0.2) is 0 Å². The van der Waals surface area contributed by atoms with Crippen LogP contribution < -0.4 is 11.5 Å². The first-order valence-electron chi connectivity index (χ1n) is 3.88. The average molecular weight is 215 g/mol. The molecule has 0 aromatic heterocycles. The first kappa shape index (κ1) is 11.3. The van der Waals surface area contributed by atoms with Crippen LogP contribution in [-0.2, 0) is 21.2 Å². The van der Waals surface area contributed by atoms with Crippen LogP contribution in [0.5, 0.6) is 0 Å². The van der Waals surface area contributed by atoms with E-state index in [0.717, 1.165) is 0 Å². The number of nitrogens with two attached hydrogens (primary N) is 2. The number of benzene rings is 1. The minimum absolute atomic E-state index is 0.285. The minimum atomic E-state index is -2.60. The molecule has 4 N–H and O–H groups in total. The molecule has 0 aliphatic rings. The van der Waals surface area contributed by atoms with Gasteiger partial charge in [-0.2, -0.15) is 0 Å². The fourth-order valence-corrected chi connectivity index (χ4v) is 1.27. The third-order valence-electron chi connectivity index (χ3n) is 1.71. The normalized spacial score (nSPS) is 13.9. The maximum atomic E-state index is 10.1. The molecule has 0 amide bonds. The lowest BCUT2D eigenvalue weighted by molar-refractivity contribution is 0.220. The topological polar surface area (TPSA) is 101 Å². The molecule has 0 aliphatic heterocycles. The lowest BCUT2D eigenvalue weighted by Crippen LogP contribution is -2.50. The summed E-state index contributed by atoms with van der Waals surface area (Å²) in [6.45, 7) is -0.285. The van der Waals surface area contributed by atoms with Gasteiger partial charge >= 0.3 is 0 Å². The van der Waals surface area contributed by atoms with E-state index in [1.54, 1.807) is 24.3 Å². The summed E-state index contributed by atoms with van der Waals surface area (Å²) < 4.78 is 24.6. The van der Waals surface area contributed by atoms with Crippen LogP contribution >= 0.6 is 0 Å². The van der Waals surface area contributed by atoms with Gasteiger partial charge in [-0.15, -0.1) is 0 Å². The summed E-state index contributed by atoms with van der Waals surface area (Å²) in [6, 6.07) is 8.75. The highest BCUT2D eigenvalue weighted by atomic mass is 32.2. The molecule has 6 heteroatoms. The predicted molar refractivity (Wildman–Crippen MR) is 51.4 cm³/mol. The van der Waals surface area contributed by atoms with Crippen LogP contribution in [0.15, 0.2) is 30.3 Å². The monoisotopic (exact) mass is 215 g/mol. The quantitative estimate of drug-likeness (QED) is 0.524. The van der Waals surface area contributed by atoms with Crippen LogP contribution in [0.3, 0.4) is 0 Å². The van der Waals surface area contributed by atoms with Gasteiger partial charge < -0.3 is 16.0 Å². The molecule has 0 saturated carbocycles. The zero-order chi connectivity index (χ0) is 10.6. The Bertz CT molecular complexity index is 316. The molecule has 1 aromatic carbocycles. The Morgan fingerprint density at radius 1 is 1.36 bits per heavy atom. The summed E-state index contributed by atoms with van der Waals surface area (Å²) in [7, 11) is 0. The molecule has 1 aromatic rings. The number of hydrogen-bond acceptors (Lipinski definition) is 5. The molecule has 5 nitrogen and oxygen atoms in total. The fraction of sp³-hybridized carbons (Fsp3) is 0.250. The summed E-state index contributed by atoms with van der Waals surface area (Å²) in [5, 5.41) is 0. The van der Waals surface area contributed by atoms with E-state index in [4.69, 9.17) is 11.5 Å². The molecule has 0 radical (unpaired) electrons. The van der Waals surface area contributed by atoms with Crippen molar-refractivity contribution >= 4 is 11.4 Å². The van der Waals surface area contributed by atoms with E-state index >= 15 is 0 Å². The molecular formula is C8H11N2O3S-. The molecule has 14 heavy (non-hydrogen) atoms. The van der Waals surface area contributed by atoms with Crippen LogP contribution in [0.1, 0.15) is 5.56 Å². The second kappa shape index (κ2) is 4.63. The smallest absolute Gasteiger partial charge is 0.115 e. The zero-order valence-corrected chi connectivity index (χ0v) is 8.20. The van der Waals surface area contributed by atoms with E-state index in [2.05, 4.69) is 4.18 Å². The maximum absolute atomic E-state index is 10.1. The summed E-state index contributed by atoms with van der Waals surface area (Å²) in [6.07, 6.45) is 0. The van der Waals surface area contributed by atoms with Crippen molar-refractivity contribution in [3.05, 3.63) is 35.9 Å². The van der Waals surface area contributed by atoms with E-state index in [-0.39, 0.29) is 6.61 Å². The molecule has 0 bridgehead atoms. The minimum Gasteiger partial charge on any atom is -0.750 e. The highest BCUT2D eigenvalue weighted by Crippen LogP contribution is 2.12. The van der Waals surface area contributed by atoms with Gasteiger partial charge in [-0.3, -0.25) is 4.18 Å². The molecule has 1 unspecified atom stereocenters. The molecule has 0 saturated heterocycles. The largest absolute Gasteiger partial charge is 0.750 e. The Labute approximate surface area is 84.5 Å². The van der Waals surface area contributed by atoms with Crippen LogP contribution in [0.2, 0.25) is 0 Å². The molecule has 78 valence electrons. The maximum Gasteiger partial charge on any atom is 0.115 e. The standard InChI is InChI=1S/C8H12N2O3S/c9-8(10,6-13-14(11)12)7-4-2-1-3-5-7/h1-5H,6,9-10H2,(H,11,12)/p-1. The van der Waals surface area contributed by atoms with Gasteiger partial charge in [0.25, 0.3) is 0 Å². The lowest BCUT2D eigenvalue weighted by atomic mass is 10.0. The van der Waals surface area contributed by atoms with E-state index < -0.39 is 17.0 Å². The van der Waals surface area contributed by atoms with Crippen molar-refractivity contribution in [1.82, 2.24) is 0 Å². The van der Waals surface area contributed by atoms with Crippen molar-refractivity contribution < 1.29 is 12.9 Å². The predicted octanol–water partition coefficient (Wildman–Crippen LogP) is -0.432. The molecule has 0 fully saturated rings. The molecule has 0 spiro atoms. The zero-order valence-electron chi connectivity index (χ0n) is 7.38. The highest BCUT2D eigenvalue weighted by molar-refractivity contribution is 7.74. The van der Waals surface area contributed by atoms with E-state index in [0.29, 0.717) is 5.56 Å². The van der Waals surface area contributed by atoms with Crippen LogP contribution in [0.4, 0.5) is 0 Å². The molecule has 0 heterocycles. The Balaban J connectivity index is 2.70. The molecule has 1 atom stereocenters. The van der Waals surface area contributed by atoms with Crippen LogP contribution in [0, 0.1) is 0 Å². The third-order valence-corrected chi connectivity index (χ3v) is 2.02. The second-order valence-electron chi connectivity index (χ2n) is 2.87. The van der Waals surface area contributed by atoms with Crippen molar-refractivity contribution in [3.63, 3.8) is 0 Å². The first-order chi connectivity index (χ1) is 6.52. The summed E-state index contributed by atoms with van der Waals surface area (Å²) in [4.78, 5) is 0. The van der Waals surface area contributed by atoms with Crippen molar-refractivity contribution in [2.75, 3.05) is 6.61 Å². The second-order valence-corrected chi connectivity index (χ2v) is 3.52. The molecular weight excluding hydrogens is 204 g/mol. The fourth-order valence-electron chi connectivity index (χ4n) is 0.977. The van der Waals surface area contributed by atoms with Crippen molar-refractivity contribution in [2.45, 2.75) is 5.66 Å². The SMILES string of the molecule is NC(N)(COS(=O)[O-])c1ccccc1. The Kier molecular flexibility index (Phi) is 3.73. The Hall–Kier alpha value is -0.790. The third kappa shape index (κ3) is 3.17. The van der Waals surface area contributed by atoms with Gasteiger partial charge in [-0.1, -0.05) is 30.3 Å². The first-order valence-corrected chi connectivity index (χ1v) is 4.88. The summed E-state index contributed by atoms with van der Waals surface area (Å²) >= 11 is -2.60. The number of rotatable bonds is 4. The van der Waals surface area contributed by atoms with Crippen molar-refractivity contribution in [2.24, 2.45) is 11.5 Å². The van der Waals surface area contributed by atoms with Gasteiger partial charge in [0.1, 0.15) is 5.66 Å². The van der Waals surface area contributed by atoms with Gasteiger partial charge in [-0.25, -0.2) is 4.21 Å². The van der Waals surface area contributed by atoms with Gasteiger partial charge in [-0.05, 0) is 5.56 Å². The van der Waals surface area contributed by atoms with Crippen molar-refractivity contribution in [3.8, 4) is 0 Å². The van der Waals surface area contributed by atoms with Gasteiger partial charge in [0, 0.05) is 0 Å². The molecule has 1 rings (SSSR count). The van der Waals surface area contributed by atoms with E-state index in [1.165, 1.54) is 0 Å². The van der Waals surface area contributed by atoms with Crippen LogP contribution in [-0.4, -0.2) is 15.4 Å². The van der Waals surface area contributed by atoms with E-state index in [9.17, 15) is 8.76 Å². The Morgan fingerprint density at radius 3 is 2.43 bits per heavy atom. The van der Waals surface area contributed by atoms with E-state index in [1.807, 2.05) is 6.07 Å². The van der Waals surface area contributed by atoms with Gasteiger partial charge in [0.2, 0.25) is 0 Å². The van der Waals surface area contributed by atoms with Gasteiger partial charge in [0.05, 0.1) is 18.0 Å². The van der Waals surface area contributed by atoms with Crippen LogP contribution in [0.25, 0.3) is 0 Å². The van der Waals surface area contributed by atoms with Crippen molar-refractivity contribution in [1.29, 1.82) is 0 Å².